The molecule has 2 N–H and O–H groups in total. The molecule has 2 rings (SSSR count). The Hall–Kier alpha value is -0.550. The van der Waals surface area contributed by atoms with E-state index in [9.17, 15) is 9.90 Å². The van der Waals surface area contributed by atoms with E-state index in [1.54, 1.807) is 0 Å². The van der Waals surface area contributed by atoms with Crippen LogP contribution in [0.1, 0.15) is 19.3 Å². The molecule has 1 aromatic rings. The van der Waals surface area contributed by atoms with Crippen LogP contribution in [0.15, 0.2) is 30.3 Å². The summed E-state index contributed by atoms with van der Waals surface area (Å²) in [5.74, 6) is -0.809. The minimum atomic E-state index is -0.809. The fourth-order valence-corrected chi connectivity index (χ4v) is 2.18. The molecular formula is C13H19N2NaO2. The van der Waals surface area contributed by atoms with Gasteiger partial charge in [-0.2, -0.15) is 0 Å². The molecule has 1 aliphatic heterocycles. The zero-order chi connectivity index (χ0) is 12.1. The summed E-state index contributed by atoms with van der Waals surface area (Å²) in [6.07, 6.45) is 2.76. The molecule has 1 heterocycles. The SMILES string of the molecule is O=C(O)C(Nc1ccccc1)N1CCCCC1.[NaH]. The molecule has 5 heteroatoms. The maximum atomic E-state index is 11.3. The van der Waals surface area contributed by atoms with E-state index >= 15 is 0 Å². The summed E-state index contributed by atoms with van der Waals surface area (Å²) in [6, 6.07) is 9.50. The van der Waals surface area contributed by atoms with Crippen LogP contribution < -0.4 is 5.32 Å². The Balaban J connectivity index is 0.00000162. The van der Waals surface area contributed by atoms with Crippen LogP contribution in [0.3, 0.4) is 0 Å². The van der Waals surface area contributed by atoms with E-state index in [-0.39, 0.29) is 29.6 Å². The van der Waals surface area contributed by atoms with E-state index < -0.39 is 12.1 Å². The van der Waals surface area contributed by atoms with Gasteiger partial charge in [0.25, 0.3) is 0 Å². The molecule has 0 aromatic heterocycles. The van der Waals surface area contributed by atoms with Gasteiger partial charge in [0.05, 0.1) is 0 Å². The number of carboxylic acids is 1. The monoisotopic (exact) mass is 258 g/mol. The predicted octanol–water partition coefficient (Wildman–Crippen LogP) is 1.35. The minimum absolute atomic E-state index is 0. The zero-order valence-corrected chi connectivity index (χ0v) is 9.80. The first-order valence-electron chi connectivity index (χ1n) is 6.06. The van der Waals surface area contributed by atoms with Crippen LogP contribution in [0.5, 0.6) is 0 Å². The van der Waals surface area contributed by atoms with Crippen LogP contribution in [0, 0.1) is 0 Å². The van der Waals surface area contributed by atoms with Gasteiger partial charge in [0.2, 0.25) is 0 Å². The molecule has 1 unspecified atom stereocenters. The second kappa shape index (κ2) is 7.79. The number of piperidine rings is 1. The summed E-state index contributed by atoms with van der Waals surface area (Å²) in [5.41, 5.74) is 0.852. The average Bonchev–Trinajstić information content (AvgIpc) is 2.38. The Kier molecular flexibility index (Phi) is 6.71. The van der Waals surface area contributed by atoms with Gasteiger partial charge in [-0.05, 0) is 25.0 Å². The molecule has 1 aliphatic rings. The van der Waals surface area contributed by atoms with Gasteiger partial charge in [0, 0.05) is 18.8 Å². The van der Waals surface area contributed by atoms with Crippen LogP contribution in [-0.4, -0.2) is 64.8 Å². The van der Waals surface area contributed by atoms with E-state index in [0.29, 0.717) is 0 Å². The van der Waals surface area contributed by atoms with Crippen LogP contribution in [0.25, 0.3) is 0 Å². The number of carbonyl (C=O) groups is 1. The molecule has 0 spiro atoms. The van der Waals surface area contributed by atoms with Gasteiger partial charge in [0.1, 0.15) is 0 Å². The molecule has 0 bridgehead atoms. The van der Waals surface area contributed by atoms with Gasteiger partial charge >= 0.3 is 35.5 Å². The van der Waals surface area contributed by atoms with Crippen molar-refractivity contribution in [1.29, 1.82) is 0 Å². The number of carboxylic acid groups (broad SMARTS) is 1. The molecule has 94 valence electrons. The van der Waals surface area contributed by atoms with Crippen molar-refractivity contribution in [3.63, 3.8) is 0 Å². The summed E-state index contributed by atoms with van der Waals surface area (Å²) in [4.78, 5) is 13.3. The van der Waals surface area contributed by atoms with E-state index in [0.717, 1.165) is 31.6 Å². The quantitative estimate of drug-likeness (QED) is 0.800. The van der Waals surface area contributed by atoms with Crippen molar-refractivity contribution in [2.24, 2.45) is 0 Å². The Labute approximate surface area is 130 Å². The molecule has 4 nitrogen and oxygen atoms in total. The van der Waals surface area contributed by atoms with E-state index in [1.807, 2.05) is 35.2 Å². The van der Waals surface area contributed by atoms with Crippen molar-refractivity contribution in [3.05, 3.63) is 30.3 Å². The Bertz CT molecular complexity index is 367. The third-order valence-electron chi connectivity index (χ3n) is 3.07. The van der Waals surface area contributed by atoms with Crippen LogP contribution >= 0.6 is 0 Å². The molecule has 1 atom stereocenters. The first-order chi connectivity index (χ1) is 8.27. The van der Waals surface area contributed by atoms with Crippen molar-refractivity contribution in [2.45, 2.75) is 25.4 Å². The molecule has 1 fully saturated rings. The summed E-state index contributed by atoms with van der Waals surface area (Å²) >= 11 is 0. The van der Waals surface area contributed by atoms with Crippen molar-refractivity contribution in [3.8, 4) is 0 Å². The van der Waals surface area contributed by atoms with Crippen molar-refractivity contribution in [1.82, 2.24) is 4.90 Å². The van der Waals surface area contributed by atoms with Gasteiger partial charge in [-0.3, -0.25) is 4.90 Å². The normalized spacial score (nSPS) is 17.6. The number of anilines is 1. The number of benzene rings is 1. The first kappa shape index (κ1) is 15.5. The molecule has 0 saturated carbocycles. The van der Waals surface area contributed by atoms with Crippen LogP contribution in [0.4, 0.5) is 5.69 Å². The van der Waals surface area contributed by atoms with E-state index in [2.05, 4.69) is 5.32 Å². The standard InChI is InChI=1S/C13H18N2O2.Na.H/c16-13(17)12(15-9-5-2-6-10-15)14-11-7-3-1-4-8-11;;/h1,3-4,7-8,12,14H,2,5-6,9-10H2,(H,16,17);;. The topological polar surface area (TPSA) is 52.6 Å². The van der Waals surface area contributed by atoms with Crippen molar-refractivity contribution < 1.29 is 9.90 Å². The van der Waals surface area contributed by atoms with E-state index in [1.165, 1.54) is 6.42 Å². The third kappa shape index (κ3) is 4.28. The maximum absolute atomic E-state index is 11.3. The molecule has 1 aromatic carbocycles. The Morgan fingerprint density at radius 3 is 2.33 bits per heavy atom. The summed E-state index contributed by atoms with van der Waals surface area (Å²) in [7, 11) is 0. The first-order valence-corrected chi connectivity index (χ1v) is 6.06. The number of likely N-dealkylation sites (tertiary alicyclic amines) is 1. The second-order valence-electron chi connectivity index (χ2n) is 4.35. The Morgan fingerprint density at radius 2 is 1.78 bits per heavy atom. The molecule has 0 radical (unpaired) electrons. The van der Waals surface area contributed by atoms with Gasteiger partial charge < -0.3 is 10.4 Å². The number of aliphatic carboxylic acids is 1. The fourth-order valence-electron chi connectivity index (χ4n) is 2.18. The van der Waals surface area contributed by atoms with Gasteiger partial charge in [-0.25, -0.2) is 4.79 Å². The van der Waals surface area contributed by atoms with E-state index in [4.69, 9.17) is 0 Å². The number of hydrogen-bond acceptors (Lipinski definition) is 3. The predicted molar refractivity (Wildman–Crippen MR) is 74.1 cm³/mol. The fraction of sp³-hybridized carbons (Fsp3) is 0.462. The van der Waals surface area contributed by atoms with Crippen LogP contribution in [0.2, 0.25) is 0 Å². The van der Waals surface area contributed by atoms with Crippen molar-refractivity contribution in [2.75, 3.05) is 18.4 Å². The molecule has 0 aliphatic carbocycles. The summed E-state index contributed by atoms with van der Waals surface area (Å²) < 4.78 is 0. The number of nitrogens with one attached hydrogen (secondary N) is 1. The Morgan fingerprint density at radius 1 is 1.17 bits per heavy atom. The van der Waals surface area contributed by atoms with Gasteiger partial charge in [0.15, 0.2) is 6.17 Å². The number of nitrogens with zero attached hydrogens (tertiary/aromatic N) is 1. The summed E-state index contributed by atoms with van der Waals surface area (Å²) in [6.45, 7) is 1.72. The average molecular weight is 258 g/mol. The van der Waals surface area contributed by atoms with Crippen LogP contribution in [-0.2, 0) is 4.79 Å². The molecule has 0 amide bonds. The number of rotatable bonds is 4. The third-order valence-corrected chi connectivity index (χ3v) is 3.07. The number of hydrogen-bond donors (Lipinski definition) is 2. The zero-order valence-electron chi connectivity index (χ0n) is 9.80. The summed E-state index contributed by atoms with van der Waals surface area (Å²) in [5, 5.41) is 12.4. The second-order valence-corrected chi connectivity index (χ2v) is 4.35. The van der Waals surface area contributed by atoms with Gasteiger partial charge in [-0.15, -0.1) is 0 Å². The molecular weight excluding hydrogens is 239 g/mol. The van der Waals surface area contributed by atoms with Gasteiger partial charge in [-0.1, -0.05) is 24.6 Å². The molecule has 18 heavy (non-hydrogen) atoms. The molecule has 1 saturated heterocycles. The van der Waals surface area contributed by atoms with Crippen molar-refractivity contribution >= 4 is 41.2 Å². The number of para-hydroxylation sites is 1.